The first-order chi connectivity index (χ1) is 12.6. The monoisotopic (exact) mass is 428 g/mol. The second kappa shape index (κ2) is 9.82. The van der Waals surface area contributed by atoms with Crippen molar-refractivity contribution in [3.8, 4) is 0 Å². The number of ketones is 2. The van der Waals surface area contributed by atoms with Crippen LogP contribution in [0.4, 0.5) is 0 Å². The molecule has 0 radical (unpaired) electrons. The SMILES string of the molecule is CC(C)(C)NC(CCSCC(C)(NC(C)(C)C)C(=O)C(C)(C)C)C(=O)C(C)(C)C. The molecule has 2 atom stereocenters. The average molecular weight is 429 g/mol. The van der Waals surface area contributed by atoms with Gasteiger partial charge >= 0.3 is 0 Å². The van der Waals surface area contributed by atoms with Gasteiger partial charge in [0.25, 0.3) is 0 Å². The zero-order chi connectivity index (χ0) is 23.5. The van der Waals surface area contributed by atoms with Crippen LogP contribution in [0.15, 0.2) is 0 Å². The Labute approximate surface area is 185 Å². The molecule has 0 saturated heterocycles. The molecule has 0 aromatic heterocycles. The predicted octanol–water partition coefficient (Wildman–Crippen LogP) is 5.24. The second-order valence-electron chi connectivity index (χ2n) is 12.7. The van der Waals surface area contributed by atoms with Crippen molar-refractivity contribution in [3.05, 3.63) is 0 Å². The van der Waals surface area contributed by atoms with Crippen molar-refractivity contribution in [1.29, 1.82) is 0 Å². The van der Waals surface area contributed by atoms with E-state index in [9.17, 15) is 9.59 Å². The highest BCUT2D eigenvalue weighted by atomic mass is 32.2. The van der Waals surface area contributed by atoms with Gasteiger partial charge in [0.15, 0.2) is 11.6 Å². The van der Waals surface area contributed by atoms with Crippen LogP contribution in [0.5, 0.6) is 0 Å². The topological polar surface area (TPSA) is 58.2 Å². The first-order valence-electron chi connectivity index (χ1n) is 10.8. The molecule has 0 spiro atoms. The van der Waals surface area contributed by atoms with Crippen LogP contribution in [0.2, 0.25) is 0 Å². The van der Waals surface area contributed by atoms with Crippen molar-refractivity contribution < 1.29 is 9.59 Å². The molecule has 0 aliphatic rings. The largest absolute Gasteiger partial charge is 0.303 e. The van der Waals surface area contributed by atoms with Crippen LogP contribution < -0.4 is 10.6 Å². The van der Waals surface area contributed by atoms with E-state index < -0.39 is 11.0 Å². The van der Waals surface area contributed by atoms with Crippen molar-refractivity contribution in [2.24, 2.45) is 10.8 Å². The number of nitrogens with one attached hydrogen (secondary N) is 2. The Kier molecular flexibility index (Phi) is 9.69. The van der Waals surface area contributed by atoms with E-state index in [1.54, 1.807) is 11.8 Å². The Morgan fingerprint density at radius 2 is 1.24 bits per heavy atom. The molecule has 0 aromatic rings. The van der Waals surface area contributed by atoms with E-state index in [2.05, 4.69) is 52.2 Å². The van der Waals surface area contributed by atoms with Crippen molar-refractivity contribution in [2.45, 2.75) is 119 Å². The summed E-state index contributed by atoms with van der Waals surface area (Å²) in [5.74, 6) is 1.98. The molecule has 0 aromatic carbocycles. The summed E-state index contributed by atoms with van der Waals surface area (Å²) < 4.78 is 0. The number of carbonyl (C=O) groups is 2. The number of thioether (sulfide) groups is 1. The molecule has 0 rings (SSSR count). The van der Waals surface area contributed by atoms with E-state index >= 15 is 0 Å². The number of carbonyl (C=O) groups excluding carboxylic acids is 2. The molecular weight excluding hydrogens is 380 g/mol. The summed E-state index contributed by atoms with van der Waals surface area (Å²) in [6.07, 6.45) is 0.757. The van der Waals surface area contributed by atoms with Gasteiger partial charge in [0.2, 0.25) is 0 Å². The maximum atomic E-state index is 13.2. The molecule has 2 N–H and O–H groups in total. The molecule has 0 aliphatic heterocycles. The molecule has 29 heavy (non-hydrogen) atoms. The Bertz CT molecular complexity index is 559. The molecule has 0 aliphatic carbocycles. The van der Waals surface area contributed by atoms with E-state index in [1.807, 2.05) is 48.5 Å². The molecule has 4 nitrogen and oxygen atoms in total. The van der Waals surface area contributed by atoms with Crippen LogP contribution in [-0.4, -0.2) is 45.7 Å². The Hall–Kier alpha value is -0.390. The van der Waals surface area contributed by atoms with E-state index in [-0.39, 0.29) is 34.1 Å². The van der Waals surface area contributed by atoms with Crippen LogP contribution >= 0.6 is 11.8 Å². The lowest BCUT2D eigenvalue weighted by Crippen LogP contribution is -2.61. The fourth-order valence-electron chi connectivity index (χ4n) is 3.61. The molecular formula is C24H48N2O2S. The van der Waals surface area contributed by atoms with Crippen LogP contribution in [0, 0.1) is 10.8 Å². The van der Waals surface area contributed by atoms with Gasteiger partial charge in [0.1, 0.15) is 0 Å². The highest BCUT2D eigenvalue weighted by Crippen LogP contribution is 2.29. The third kappa shape index (κ3) is 11.0. The summed E-state index contributed by atoms with van der Waals surface area (Å²) >= 11 is 1.75. The van der Waals surface area contributed by atoms with Gasteiger partial charge in [-0.1, -0.05) is 41.5 Å². The third-order valence-corrected chi connectivity index (χ3v) is 5.74. The Balaban J connectivity index is 5.23. The molecule has 0 fully saturated rings. The van der Waals surface area contributed by atoms with Crippen molar-refractivity contribution in [3.63, 3.8) is 0 Å². The Morgan fingerprint density at radius 1 is 0.759 bits per heavy atom. The number of Topliss-reactive ketones (excluding diaryl/α,β-unsaturated/α-hetero) is 2. The number of rotatable bonds is 9. The highest BCUT2D eigenvalue weighted by Gasteiger charge is 2.42. The first-order valence-corrected chi connectivity index (χ1v) is 12.0. The lowest BCUT2D eigenvalue weighted by atomic mass is 9.79. The average Bonchev–Trinajstić information content (AvgIpc) is 2.44. The zero-order valence-electron chi connectivity index (χ0n) is 21.4. The smallest absolute Gasteiger partial charge is 0.158 e. The fraction of sp³-hybridized carbons (Fsp3) is 0.917. The molecule has 0 saturated carbocycles. The minimum absolute atomic E-state index is 0.124. The molecule has 172 valence electrons. The van der Waals surface area contributed by atoms with Gasteiger partial charge in [-0.25, -0.2) is 0 Å². The summed E-state index contributed by atoms with van der Waals surface area (Å²) in [7, 11) is 0. The predicted molar refractivity (Wildman–Crippen MR) is 129 cm³/mol. The van der Waals surface area contributed by atoms with E-state index in [1.165, 1.54) is 0 Å². The maximum absolute atomic E-state index is 13.2. The summed E-state index contributed by atoms with van der Waals surface area (Å²) in [6, 6.07) is -0.178. The van der Waals surface area contributed by atoms with E-state index in [4.69, 9.17) is 0 Å². The van der Waals surface area contributed by atoms with Gasteiger partial charge < -0.3 is 5.32 Å². The van der Waals surface area contributed by atoms with Crippen LogP contribution in [0.25, 0.3) is 0 Å². The number of hydrogen-bond donors (Lipinski definition) is 2. The van der Waals surface area contributed by atoms with E-state index in [0.717, 1.165) is 12.2 Å². The summed E-state index contributed by atoms with van der Waals surface area (Å²) in [5, 5.41) is 7.06. The van der Waals surface area contributed by atoms with Gasteiger partial charge in [0, 0.05) is 27.7 Å². The summed E-state index contributed by atoms with van der Waals surface area (Å²) in [5.41, 5.74) is -1.68. The molecule has 2 unspecified atom stereocenters. The van der Waals surface area contributed by atoms with Crippen molar-refractivity contribution >= 4 is 23.3 Å². The van der Waals surface area contributed by atoms with Gasteiger partial charge in [-0.2, -0.15) is 11.8 Å². The second-order valence-corrected chi connectivity index (χ2v) is 13.8. The van der Waals surface area contributed by atoms with Crippen LogP contribution in [0.3, 0.4) is 0 Å². The van der Waals surface area contributed by atoms with Gasteiger partial charge in [-0.3, -0.25) is 14.9 Å². The zero-order valence-corrected chi connectivity index (χ0v) is 22.2. The van der Waals surface area contributed by atoms with Crippen LogP contribution in [0.1, 0.15) is 96.4 Å². The standard InChI is InChI=1S/C24H48N2O2S/c1-20(2,3)18(27)17(25-22(7,8)9)14-15-29-16-24(13,26-23(10,11)12)19(28)21(4,5)6/h17,25-26H,14-16H2,1-13H3. The highest BCUT2D eigenvalue weighted by molar-refractivity contribution is 7.99. The van der Waals surface area contributed by atoms with Crippen LogP contribution in [-0.2, 0) is 9.59 Å². The number of hydrogen-bond acceptors (Lipinski definition) is 5. The lowest BCUT2D eigenvalue weighted by molar-refractivity contribution is -0.132. The molecule has 5 heteroatoms. The third-order valence-electron chi connectivity index (χ3n) is 4.44. The quantitative estimate of drug-likeness (QED) is 0.492. The molecule has 0 bridgehead atoms. The van der Waals surface area contributed by atoms with Crippen molar-refractivity contribution in [1.82, 2.24) is 10.6 Å². The van der Waals surface area contributed by atoms with Crippen molar-refractivity contribution in [2.75, 3.05) is 11.5 Å². The Morgan fingerprint density at radius 3 is 1.59 bits per heavy atom. The minimum Gasteiger partial charge on any atom is -0.303 e. The lowest BCUT2D eigenvalue weighted by Gasteiger charge is -2.40. The van der Waals surface area contributed by atoms with Gasteiger partial charge in [0.05, 0.1) is 11.6 Å². The van der Waals surface area contributed by atoms with E-state index in [0.29, 0.717) is 5.75 Å². The minimum atomic E-state index is -0.609. The molecule has 0 amide bonds. The summed E-state index contributed by atoms with van der Waals surface area (Å²) in [6.45, 7) is 26.5. The molecule has 0 heterocycles. The maximum Gasteiger partial charge on any atom is 0.158 e. The van der Waals surface area contributed by atoms with Gasteiger partial charge in [-0.15, -0.1) is 0 Å². The first kappa shape index (κ1) is 28.6. The fourth-order valence-corrected chi connectivity index (χ4v) is 4.76. The summed E-state index contributed by atoms with van der Waals surface area (Å²) in [4.78, 5) is 26.1. The normalized spacial score (nSPS) is 17.0. The van der Waals surface area contributed by atoms with Gasteiger partial charge in [-0.05, 0) is 60.6 Å².